The summed E-state index contributed by atoms with van der Waals surface area (Å²) in [4.78, 5) is 16.5. The molecule has 0 fully saturated rings. The summed E-state index contributed by atoms with van der Waals surface area (Å²) >= 11 is 13.2. The fourth-order valence-corrected chi connectivity index (χ4v) is 3.43. The average Bonchev–Trinajstić information content (AvgIpc) is 3.01. The van der Waals surface area contributed by atoms with Crippen molar-refractivity contribution in [2.45, 2.75) is 11.7 Å². The van der Waals surface area contributed by atoms with Gasteiger partial charge in [0.15, 0.2) is 5.16 Å². The van der Waals surface area contributed by atoms with Gasteiger partial charge in [-0.15, -0.1) is 0 Å². The third kappa shape index (κ3) is 4.81. The molecule has 0 radical (unpaired) electrons. The second-order valence-corrected chi connectivity index (χ2v) is 7.50. The van der Waals surface area contributed by atoms with Crippen molar-refractivity contribution in [2.75, 3.05) is 5.75 Å². The van der Waals surface area contributed by atoms with Gasteiger partial charge in [-0.05, 0) is 35.4 Å². The van der Waals surface area contributed by atoms with E-state index in [2.05, 4.69) is 10.3 Å². The number of rotatable bonds is 6. The number of hydrogen-bond acceptors (Lipinski definition) is 3. The zero-order valence-corrected chi connectivity index (χ0v) is 16.4. The molecule has 1 N–H and O–H groups in total. The van der Waals surface area contributed by atoms with Crippen molar-refractivity contribution in [1.29, 1.82) is 0 Å². The summed E-state index contributed by atoms with van der Waals surface area (Å²) in [5.41, 5.74) is 3.02. The van der Waals surface area contributed by atoms with Crippen LogP contribution in [0.25, 0.3) is 11.3 Å². The number of halogens is 2. The quantitative estimate of drug-likeness (QED) is 0.598. The Morgan fingerprint density at radius 2 is 1.69 bits per heavy atom. The van der Waals surface area contributed by atoms with Crippen LogP contribution in [-0.2, 0) is 18.4 Å². The first kappa shape index (κ1) is 18.8. The van der Waals surface area contributed by atoms with Gasteiger partial charge in [-0.1, -0.05) is 59.2 Å². The largest absolute Gasteiger partial charge is 0.351 e. The molecular weight excluding hydrogens is 389 g/mol. The Morgan fingerprint density at radius 3 is 2.35 bits per heavy atom. The van der Waals surface area contributed by atoms with E-state index in [1.165, 1.54) is 11.8 Å². The summed E-state index contributed by atoms with van der Waals surface area (Å²) in [5.74, 6) is 0.263. The lowest BCUT2D eigenvalue weighted by molar-refractivity contribution is -0.118. The molecule has 134 valence electrons. The zero-order valence-electron chi connectivity index (χ0n) is 14.1. The minimum Gasteiger partial charge on any atom is -0.351 e. The topological polar surface area (TPSA) is 46.9 Å². The van der Waals surface area contributed by atoms with Crippen LogP contribution in [0.2, 0.25) is 10.0 Å². The third-order valence-corrected chi connectivity index (χ3v) is 5.37. The van der Waals surface area contributed by atoms with Crippen LogP contribution in [0.15, 0.2) is 59.9 Å². The molecule has 0 saturated heterocycles. The van der Waals surface area contributed by atoms with Gasteiger partial charge in [0.1, 0.15) is 0 Å². The van der Waals surface area contributed by atoms with Crippen LogP contribution in [-0.4, -0.2) is 21.2 Å². The molecule has 7 heteroatoms. The number of hydrogen-bond donors (Lipinski definition) is 1. The minimum absolute atomic E-state index is 0.0407. The van der Waals surface area contributed by atoms with Crippen molar-refractivity contribution in [3.8, 4) is 11.3 Å². The molecule has 0 bridgehead atoms. The van der Waals surface area contributed by atoms with Gasteiger partial charge in [0.05, 0.1) is 17.6 Å². The molecule has 1 amide bonds. The molecule has 2 aromatic carbocycles. The highest BCUT2D eigenvalue weighted by atomic mass is 35.5. The highest BCUT2D eigenvalue weighted by molar-refractivity contribution is 7.99. The number of imidazole rings is 1. The molecule has 4 nitrogen and oxygen atoms in total. The Morgan fingerprint density at radius 1 is 1.08 bits per heavy atom. The Hall–Kier alpha value is -1.95. The van der Waals surface area contributed by atoms with Gasteiger partial charge in [-0.3, -0.25) is 4.79 Å². The number of thioether (sulfide) groups is 1. The zero-order chi connectivity index (χ0) is 18.5. The molecule has 0 saturated carbocycles. The molecule has 0 atom stereocenters. The first-order valence-electron chi connectivity index (χ1n) is 7.94. The van der Waals surface area contributed by atoms with E-state index in [1.54, 1.807) is 6.20 Å². The molecule has 0 aliphatic carbocycles. The molecule has 1 heterocycles. The fourth-order valence-electron chi connectivity index (χ4n) is 2.40. The van der Waals surface area contributed by atoms with Crippen molar-refractivity contribution in [1.82, 2.24) is 14.9 Å². The lowest BCUT2D eigenvalue weighted by atomic mass is 10.2. The maximum absolute atomic E-state index is 12.1. The second-order valence-electron chi connectivity index (χ2n) is 5.68. The van der Waals surface area contributed by atoms with Crippen LogP contribution in [0.3, 0.4) is 0 Å². The smallest absolute Gasteiger partial charge is 0.230 e. The monoisotopic (exact) mass is 405 g/mol. The number of nitrogens with zero attached hydrogens (tertiary/aromatic N) is 2. The van der Waals surface area contributed by atoms with Gasteiger partial charge < -0.3 is 9.88 Å². The van der Waals surface area contributed by atoms with E-state index in [9.17, 15) is 4.79 Å². The second kappa shape index (κ2) is 8.62. The molecule has 1 aromatic heterocycles. The van der Waals surface area contributed by atoms with Crippen LogP contribution < -0.4 is 5.32 Å². The summed E-state index contributed by atoms with van der Waals surface area (Å²) in [7, 11) is 1.94. The van der Waals surface area contributed by atoms with Crippen LogP contribution in [0.5, 0.6) is 0 Å². The van der Waals surface area contributed by atoms with Gasteiger partial charge in [0.2, 0.25) is 5.91 Å². The van der Waals surface area contributed by atoms with Crippen LogP contribution >= 0.6 is 35.0 Å². The number of carbonyl (C=O) groups is 1. The molecule has 0 spiro atoms. The minimum atomic E-state index is -0.0407. The van der Waals surface area contributed by atoms with Crippen molar-refractivity contribution in [3.05, 3.63) is 70.3 Å². The molecule has 0 aliphatic rings. The Labute approximate surface area is 166 Å². The molecule has 0 unspecified atom stereocenters. The molecule has 0 aliphatic heterocycles. The van der Waals surface area contributed by atoms with E-state index >= 15 is 0 Å². The van der Waals surface area contributed by atoms with Gasteiger partial charge >= 0.3 is 0 Å². The lowest BCUT2D eigenvalue weighted by Crippen LogP contribution is -2.24. The third-order valence-electron chi connectivity index (χ3n) is 3.82. The van der Waals surface area contributed by atoms with Crippen molar-refractivity contribution in [2.24, 2.45) is 7.05 Å². The predicted molar refractivity (Wildman–Crippen MR) is 108 cm³/mol. The van der Waals surface area contributed by atoms with E-state index < -0.39 is 0 Å². The van der Waals surface area contributed by atoms with Gasteiger partial charge in [0.25, 0.3) is 0 Å². The van der Waals surface area contributed by atoms with Crippen molar-refractivity contribution >= 4 is 40.9 Å². The maximum Gasteiger partial charge on any atom is 0.230 e. The molecule has 3 rings (SSSR count). The van der Waals surface area contributed by atoms with Gasteiger partial charge in [-0.25, -0.2) is 4.98 Å². The van der Waals surface area contributed by atoms with Crippen molar-refractivity contribution in [3.63, 3.8) is 0 Å². The van der Waals surface area contributed by atoms with E-state index in [-0.39, 0.29) is 5.91 Å². The van der Waals surface area contributed by atoms with E-state index in [0.29, 0.717) is 22.3 Å². The van der Waals surface area contributed by atoms with E-state index in [4.69, 9.17) is 23.2 Å². The standard InChI is InChI=1S/C19H17Cl2N3OS/c1-24-17(14-4-8-16(21)9-5-14)11-23-19(24)26-12-18(25)22-10-13-2-6-15(20)7-3-13/h2-9,11H,10,12H2,1H3,(H,22,25). The Balaban J connectivity index is 1.55. The Kier molecular flexibility index (Phi) is 6.25. The van der Waals surface area contributed by atoms with Gasteiger partial charge in [0, 0.05) is 23.6 Å². The number of carbonyl (C=O) groups excluding carboxylic acids is 1. The van der Waals surface area contributed by atoms with Crippen LogP contribution in [0.4, 0.5) is 0 Å². The highest BCUT2D eigenvalue weighted by Crippen LogP contribution is 2.25. The van der Waals surface area contributed by atoms with Crippen molar-refractivity contribution < 1.29 is 4.79 Å². The fraction of sp³-hybridized carbons (Fsp3) is 0.158. The lowest BCUT2D eigenvalue weighted by Gasteiger charge is -2.07. The number of nitrogens with one attached hydrogen (secondary N) is 1. The van der Waals surface area contributed by atoms with Crippen LogP contribution in [0.1, 0.15) is 5.56 Å². The number of aromatic nitrogens is 2. The summed E-state index contributed by atoms with van der Waals surface area (Å²) in [6, 6.07) is 15.0. The molecular formula is C19H17Cl2N3OS. The van der Waals surface area contributed by atoms with Gasteiger partial charge in [-0.2, -0.15) is 0 Å². The number of amides is 1. The van der Waals surface area contributed by atoms with E-state index in [1.807, 2.05) is 60.1 Å². The average molecular weight is 406 g/mol. The SMILES string of the molecule is Cn1c(-c2ccc(Cl)cc2)cnc1SCC(=O)NCc1ccc(Cl)cc1. The van der Waals surface area contributed by atoms with E-state index in [0.717, 1.165) is 22.0 Å². The first-order chi connectivity index (χ1) is 12.5. The Bertz CT molecular complexity index is 892. The number of benzene rings is 2. The molecule has 3 aromatic rings. The molecule has 26 heavy (non-hydrogen) atoms. The summed E-state index contributed by atoms with van der Waals surface area (Å²) in [5, 5.41) is 5.07. The van der Waals surface area contributed by atoms with Crippen LogP contribution in [0, 0.1) is 0 Å². The highest BCUT2D eigenvalue weighted by Gasteiger charge is 2.11. The summed E-state index contributed by atoms with van der Waals surface area (Å²) in [6.07, 6.45) is 1.80. The predicted octanol–water partition coefficient (Wildman–Crippen LogP) is 4.80. The maximum atomic E-state index is 12.1. The summed E-state index contributed by atoms with van der Waals surface area (Å²) < 4.78 is 1.97. The summed E-state index contributed by atoms with van der Waals surface area (Å²) in [6.45, 7) is 0.479. The normalized spacial score (nSPS) is 10.7. The first-order valence-corrected chi connectivity index (χ1v) is 9.68.